The maximum absolute atomic E-state index is 13.0. The molecule has 0 unspecified atom stereocenters. The van der Waals surface area contributed by atoms with Gasteiger partial charge in [0.1, 0.15) is 17.5 Å². The summed E-state index contributed by atoms with van der Waals surface area (Å²) in [7, 11) is 0. The van der Waals surface area contributed by atoms with E-state index in [2.05, 4.69) is 0 Å². The molecule has 0 spiro atoms. The fourth-order valence-corrected chi connectivity index (χ4v) is 1.83. The van der Waals surface area contributed by atoms with E-state index in [0.717, 1.165) is 4.90 Å². The zero-order valence-corrected chi connectivity index (χ0v) is 11.9. The third-order valence-corrected chi connectivity index (χ3v) is 2.74. The molecule has 1 aliphatic heterocycles. The van der Waals surface area contributed by atoms with E-state index in [4.69, 9.17) is 12.2 Å². The second-order valence-electron chi connectivity index (χ2n) is 5.60. The summed E-state index contributed by atoms with van der Waals surface area (Å²) in [5.41, 5.74) is -0.0259. The maximum atomic E-state index is 13.0. The molecule has 5 heteroatoms. The lowest BCUT2D eigenvalue weighted by molar-refractivity contribution is -0.0433. The van der Waals surface area contributed by atoms with Crippen molar-refractivity contribution in [2.24, 2.45) is 0 Å². The predicted molar refractivity (Wildman–Crippen MR) is 72.9 cm³/mol. The quantitative estimate of drug-likeness (QED) is 0.795. The lowest BCUT2D eigenvalue weighted by atomic mass is 10.1. The zero-order valence-electron chi connectivity index (χ0n) is 13.9. The van der Waals surface area contributed by atoms with Crippen molar-refractivity contribution >= 4 is 6.09 Å². The van der Waals surface area contributed by atoms with Crippen LogP contribution in [-0.4, -0.2) is 36.2 Å². The van der Waals surface area contributed by atoms with Gasteiger partial charge in [-0.05, 0) is 38.5 Å². The first-order valence-electron chi connectivity index (χ1n) is 7.46. The molecule has 1 aliphatic rings. The Hall–Kier alpha value is -1.62. The molecule has 0 radical (unpaired) electrons. The maximum Gasteiger partial charge on any atom is 0.410 e. The number of halogens is 1. The van der Waals surface area contributed by atoms with Crippen LogP contribution in [0.1, 0.15) is 35.2 Å². The smallest absolute Gasteiger partial charge is 0.410 e. The van der Waals surface area contributed by atoms with Crippen molar-refractivity contribution in [1.29, 1.82) is 0 Å². The van der Waals surface area contributed by atoms with Crippen molar-refractivity contribution < 1.29 is 21.4 Å². The molecule has 1 fully saturated rings. The van der Waals surface area contributed by atoms with Gasteiger partial charge in [-0.25, -0.2) is 9.18 Å². The van der Waals surface area contributed by atoms with Crippen LogP contribution in [0, 0.1) is 5.82 Å². The molecule has 0 saturated carbocycles. The van der Waals surface area contributed by atoms with Gasteiger partial charge >= 0.3 is 6.09 Å². The van der Waals surface area contributed by atoms with E-state index in [1.165, 1.54) is 12.1 Å². The Labute approximate surface area is 121 Å². The Morgan fingerprint density at radius 1 is 1.45 bits per heavy atom. The second-order valence-corrected chi connectivity index (χ2v) is 5.60. The number of ether oxygens (including phenoxy) is 2. The van der Waals surface area contributed by atoms with E-state index < -0.39 is 24.3 Å². The number of nitrogens with zero attached hydrogens (tertiary/aromatic N) is 1. The highest BCUT2D eigenvalue weighted by molar-refractivity contribution is 5.68. The van der Waals surface area contributed by atoms with Crippen LogP contribution in [0.2, 0.25) is 0 Å². The van der Waals surface area contributed by atoms with E-state index in [0.29, 0.717) is 5.56 Å². The topological polar surface area (TPSA) is 38.8 Å². The van der Waals surface area contributed by atoms with Gasteiger partial charge in [-0.3, -0.25) is 0 Å². The first kappa shape index (κ1) is 12.1. The van der Waals surface area contributed by atoms with Crippen molar-refractivity contribution in [3.05, 3.63) is 35.6 Å². The molecular formula is C15H20FNO3. The predicted octanol–water partition coefficient (Wildman–Crippen LogP) is 3.13. The number of amides is 1. The monoisotopic (exact) mass is 283 g/mol. The summed E-state index contributed by atoms with van der Waals surface area (Å²) < 4.78 is 39.5. The highest BCUT2D eigenvalue weighted by Crippen LogP contribution is 2.23. The normalized spacial score (nSPS) is 23.8. The summed E-state index contributed by atoms with van der Waals surface area (Å²) in [6, 6.07) is 5.74. The van der Waals surface area contributed by atoms with E-state index in [9.17, 15) is 9.18 Å². The highest BCUT2D eigenvalue weighted by atomic mass is 19.1. The summed E-state index contributed by atoms with van der Waals surface area (Å²) in [5.74, 6) is -0.362. The lowest BCUT2D eigenvalue weighted by Crippen LogP contribution is -2.44. The molecule has 0 bridgehead atoms. The van der Waals surface area contributed by atoms with Crippen LogP contribution in [0.15, 0.2) is 24.3 Å². The average Bonchev–Trinajstić information content (AvgIpc) is 2.37. The molecule has 1 saturated heterocycles. The molecule has 0 aromatic heterocycles. The van der Waals surface area contributed by atoms with Gasteiger partial charge in [0.2, 0.25) is 0 Å². The molecule has 20 heavy (non-hydrogen) atoms. The standard InChI is InChI=1S/C15H20FNO3/c1-15(2,3)20-14(18)17-8-9-19-13(10-17)11-4-6-12(16)7-5-11/h4-7,13H,8-10H2,1-3H3/t13-/m1/s1/i8D2. The summed E-state index contributed by atoms with van der Waals surface area (Å²) in [4.78, 5) is 13.2. The molecule has 0 aliphatic carbocycles. The highest BCUT2D eigenvalue weighted by Gasteiger charge is 2.28. The van der Waals surface area contributed by atoms with Crippen molar-refractivity contribution in [3.63, 3.8) is 0 Å². The molecule has 2 rings (SSSR count). The molecule has 110 valence electrons. The van der Waals surface area contributed by atoms with Crippen LogP contribution in [0.25, 0.3) is 0 Å². The number of carbonyl (C=O) groups excluding carboxylic acids is 1. The first-order chi connectivity index (χ1) is 10.1. The Kier molecular flexibility index (Phi) is 3.52. The largest absolute Gasteiger partial charge is 0.444 e. The molecule has 1 atom stereocenters. The van der Waals surface area contributed by atoms with Crippen LogP contribution in [0.4, 0.5) is 9.18 Å². The van der Waals surface area contributed by atoms with E-state index in [1.54, 1.807) is 32.9 Å². The van der Waals surface area contributed by atoms with Gasteiger partial charge in [0.25, 0.3) is 0 Å². The van der Waals surface area contributed by atoms with Crippen LogP contribution in [0.3, 0.4) is 0 Å². The number of morpholine rings is 1. The summed E-state index contributed by atoms with van der Waals surface area (Å²) in [6.45, 7) is 2.95. The van der Waals surface area contributed by atoms with E-state index in [-0.39, 0.29) is 19.0 Å². The Morgan fingerprint density at radius 2 is 2.10 bits per heavy atom. The first-order valence-corrected chi connectivity index (χ1v) is 6.46. The summed E-state index contributed by atoms with van der Waals surface area (Å²) >= 11 is 0. The Bertz CT molecular complexity index is 543. The zero-order chi connectivity index (χ0) is 16.5. The molecule has 1 aromatic rings. The van der Waals surface area contributed by atoms with Crippen LogP contribution >= 0.6 is 0 Å². The van der Waals surface area contributed by atoms with Crippen molar-refractivity contribution in [3.8, 4) is 0 Å². The Morgan fingerprint density at radius 3 is 2.70 bits per heavy atom. The minimum absolute atomic E-state index is 0.00749. The molecule has 1 aromatic carbocycles. The number of hydrogen-bond acceptors (Lipinski definition) is 3. The third-order valence-electron chi connectivity index (χ3n) is 2.74. The SMILES string of the molecule is [2H]C1([2H])CO[C@@H](c2ccc(F)cc2)CN1C(=O)OC(C)(C)C. The Balaban J connectivity index is 2.16. The number of benzene rings is 1. The van der Waals surface area contributed by atoms with Gasteiger partial charge in [0, 0.05) is 6.50 Å². The summed E-state index contributed by atoms with van der Waals surface area (Å²) in [5, 5.41) is 0. The van der Waals surface area contributed by atoms with E-state index in [1.807, 2.05) is 0 Å². The molecule has 4 nitrogen and oxygen atoms in total. The van der Waals surface area contributed by atoms with Gasteiger partial charge in [0.05, 0.1) is 15.9 Å². The second kappa shape index (κ2) is 5.79. The third kappa shape index (κ3) is 3.93. The fourth-order valence-electron chi connectivity index (χ4n) is 1.83. The van der Waals surface area contributed by atoms with Crippen molar-refractivity contribution in [1.82, 2.24) is 4.90 Å². The molecule has 0 N–H and O–H groups in total. The minimum atomic E-state index is -1.95. The molecule has 1 amide bonds. The number of hydrogen-bond donors (Lipinski definition) is 0. The van der Waals surface area contributed by atoms with Crippen LogP contribution in [-0.2, 0) is 9.47 Å². The van der Waals surface area contributed by atoms with Gasteiger partial charge in [-0.15, -0.1) is 0 Å². The fraction of sp³-hybridized carbons (Fsp3) is 0.533. The number of carbonyl (C=O) groups is 1. The summed E-state index contributed by atoms with van der Waals surface area (Å²) in [6.07, 6.45) is -1.25. The van der Waals surface area contributed by atoms with Crippen molar-refractivity contribution in [2.45, 2.75) is 32.5 Å². The van der Waals surface area contributed by atoms with Gasteiger partial charge in [-0.2, -0.15) is 0 Å². The minimum Gasteiger partial charge on any atom is -0.444 e. The van der Waals surface area contributed by atoms with Gasteiger partial charge in [0.15, 0.2) is 0 Å². The average molecular weight is 283 g/mol. The van der Waals surface area contributed by atoms with Gasteiger partial charge in [-0.1, -0.05) is 12.1 Å². The number of rotatable bonds is 1. The molecule has 1 heterocycles. The van der Waals surface area contributed by atoms with Gasteiger partial charge < -0.3 is 14.4 Å². The van der Waals surface area contributed by atoms with Crippen LogP contribution in [0.5, 0.6) is 0 Å². The van der Waals surface area contributed by atoms with Crippen molar-refractivity contribution in [2.75, 3.05) is 19.6 Å². The lowest BCUT2D eigenvalue weighted by Gasteiger charge is -2.34. The van der Waals surface area contributed by atoms with Crippen LogP contribution < -0.4 is 0 Å². The van der Waals surface area contributed by atoms with E-state index >= 15 is 0 Å². The molecular weight excluding hydrogens is 261 g/mol.